The minimum atomic E-state index is -0.886. The molecule has 0 bridgehead atoms. The molecule has 0 aliphatic carbocycles. The Bertz CT molecular complexity index is 653. The van der Waals surface area contributed by atoms with E-state index < -0.39 is 11.8 Å². The van der Waals surface area contributed by atoms with Crippen LogP contribution in [0.15, 0.2) is 30.3 Å². The van der Waals surface area contributed by atoms with E-state index in [1.165, 1.54) is 4.90 Å². The second kappa shape index (κ2) is 8.55. The summed E-state index contributed by atoms with van der Waals surface area (Å²) in [5.41, 5.74) is 0.802. The van der Waals surface area contributed by atoms with Crippen molar-refractivity contribution in [1.29, 1.82) is 0 Å². The number of rotatable bonds is 8. The van der Waals surface area contributed by atoms with E-state index in [9.17, 15) is 19.2 Å². The fourth-order valence-corrected chi connectivity index (χ4v) is 2.77. The predicted octanol–water partition coefficient (Wildman–Crippen LogP) is 2.11. The van der Waals surface area contributed by atoms with Gasteiger partial charge in [0.25, 0.3) is 0 Å². The number of nitrogens with zero attached hydrogens (tertiary/aromatic N) is 1. The van der Waals surface area contributed by atoms with Crippen LogP contribution in [0.3, 0.4) is 0 Å². The molecule has 25 heavy (non-hydrogen) atoms. The summed E-state index contributed by atoms with van der Waals surface area (Å²) in [6.45, 7) is 4.03. The first-order valence-corrected chi connectivity index (χ1v) is 8.48. The molecule has 6 heteroatoms. The van der Waals surface area contributed by atoms with E-state index in [0.717, 1.165) is 5.56 Å². The summed E-state index contributed by atoms with van der Waals surface area (Å²) < 4.78 is 4.97. The molecule has 0 radical (unpaired) electrons. The van der Waals surface area contributed by atoms with Crippen molar-refractivity contribution in [3.63, 3.8) is 0 Å². The average Bonchev–Trinajstić information content (AvgIpc) is 2.88. The number of Topliss-reactive ketones (excluding diaryl/α,β-unsaturated/α-hetero) is 1. The van der Waals surface area contributed by atoms with E-state index in [1.807, 2.05) is 32.0 Å². The second-order valence-electron chi connectivity index (χ2n) is 6.53. The van der Waals surface area contributed by atoms with Crippen LogP contribution in [0.25, 0.3) is 0 Å². The summed E-state index contributed by atoms with van der Waals surface area (Å²) in [7, 11) is 0. The maximum Gasteiger partial charge on any atom is 0.374 e. The van der Waals surface area contributed by atoms with Crippen LogP contribution in [0, 0.1) is 11.8 Å². The molecule has 1 saturated heterocycles. The highest BCUT2D eigenvalue weighted by Crippen LogP contribution is 2.26. The lowest BCUT2D eigenvalue weighted by Gasteiger charge is -2.16. The summed E-state index contributed by atoms with van der Waals surface area (Å²) in [4.78, 5) is 48.8. The SMILES string of the molecule is CC(C)C1CC(=O)N(CCCC(=O)C(=O)OCc2ccccc2)C1=O. The molecule has 0 saturated carbocycles. The summed E-state index contributed by atoms with van der Waals surface area (Å²) >= 11 is 0. The lowest BCUT2D eigenvalue weighted by molar-refractivity contribution is -0.155. The zero-order chi connectivity index (χ0) is 18.4. The molecule has 2 rings (SSSR count). The number of ether oxygens (including phenoxy) is 1. The molecule has 1 unspecified atom stereocenters. The van der Waals surface area contributed by atoms with E-state index in [4.69, 9.17) is 4.74 Å². The molecule has 0 spiro atoms. The van der Waals surface area contributed by atoms with Crippen LogP contribution < -0.4 is 0 Å². The second-order valence-corrected chi connectivity index (χ2v) is 6.53. The number of hydrogen-bond donors (Lipinski definition) is 0. The number of hydrogen-bond acceptors (Lipinski definition) is 5. The Balaban J connectivity index is 1.74. The van der Waals surface area contributed by atoms with E-state index in [0.29, 0.717) is 0 Å². The van der Waals surface area contributed by atoms with Crippen molar-refractivity contribution in [1.82, 2.24) is 4.90 Å². The standard InChI is InChI=1S/C19H23NO5/c1-13(2)15-11-17(22)20(18(15)23)10-6-9-16(21)19(24)25-12-14-7-4-3-5-8-14/h3-5,7-8,13,15H,6,9-12H2,1-2H3. The molecular formula is C19H23NO5. The lowest BCUT2D eigenvalue weighted by atomic mass is 9.94. The summed E-state index contributed by atoms with van der Waals surface area (Å²) in [5, 5.41) is 0. The molecule has 1 aliphatic heterocycles. The monoisotopic (exact) mass is 345 g/mol. The molecule has 1 heterocycles. The van der Waals surface area contributed by atoms with Crippen LogP contribution in [0.4, 0.5) is 0 Å². The minimum absolute atomic E-state index is 0.0446. The number of carbonyl (C=O) groups is 4. The first-order valence-electron chi connectivity index (χ1n) is 8.48. The van der Waals surface area contributed by atoms with E-state index >= 15 is 0 Å². The van der Waals surface area contributed by atoms with Gasteiger partial charge in [0.15, 0.2) is 0 Å². The molecule has 0 aromatic heterocycles. The number of likely N-dealkylation sites (tertiary alicyclic amines) is 1. The van der Waals surface area contributed by atoms with Crippen molar-refractivity contribution >= 4 is 23.6 Å². The normalized spacial score (nSPS) is 17.2. The largest absolute Gasteiger partial charge is 0.455 e. The third-order valence-corrected chi connectivity index (χ3v) is 4.31. The van der Waals surface area contributed by atoms with Gasteiger partial charge in [-0.3, -0.25) is 19.3 Å². The van der Waals surface area contributed by atoms with Gasteiger partial charge in [-0.2, -0.15) is 0 Å². The highest BCUT2D eigenvalue weighted by Gasteiger charge is 2.39. The van der Waals surface area contributed by atoms with Gasteiger partial charge in [0.2, 0.25) is 17.6 Å². The van der Waals surface area contributed by atoms with Crippen LogP contribution >= 0.6 is 0 Å². The first-order chi connectivity index (χ1) is 11.9. The minimum Gasteiger partial charge on any atom is -0.455 e. The molecule has 1 atom stereocenters. The average molecular weight is 345 g/mol. The van der Waals surface area contributed by atoms with E-state index in [-0.39, 0.29) is 56.1 Å². The fraction of sp³-hybridized carbons (Fsp3) is 0.474. The lowest BCUT2D eigenvalue weighted by Crippen LogP contribution is -2.33. The number of ketones is 1. The molecule has 0 N–H and O–H groups in total. The van der Waals surface area contributed by atoms with Gasteiger partial charge in [-0.15, -0.1) is 0 Å². The molecule has 1 aromatic carbocycles. The highest BCUT2D eigenvalue weighted by molar-refractivity contribution is 6.33. The van der Waals surface area contributed by atoms with Gasteiger partial charge in [-0.05, 0) is 17.9 Å². The van der Waals surface area contributed by atoms with Gasteiger partial charge in [0.1, 0.15) is 6.61 Å². The molecule has 1 aromatic rings. The number of esters is 1. The Morgan fingerprint density at radius 3 is 2.48 bits per heavy atom. The Kier molecular flexibility index (Phi) is 6.44. The summed E-state index contributed by atoms with van der Waals surface area (Å²) in [5.74, 6) is -2.09. The third-order valence-electron chi connectivity index (χ3n) is 4.31. The van der Waals surface area contributed by atoms with Crippen molar-refractivity contribution in [2.45, 2.75) is 39.7 Å². The third kappa shape index (κ3) is 4.98. The van der Waals surface area contributed by atoms with Gasteiger partial charge in [-0.25, -0.2) is 4.79 Å². The predicted molar refractivity (Wildman–Crippen MR) is 90.1 cm³/mol. The van der Waals surface area contributed by atoms with Crippen LogP contribution in [0.2, 0.25) is 0 Å². The van der Waals surface area contributed by atoms with Crippen molar-refractivity contribution < 1.29 is 23.9 Å². The zero-order valence-electron chi connectivity index (χ0n) is 14.6. The molecular weight excluding hydrogens is 322 g/mol. The Morgan fingerprint density at radius 1 is 1.20 bits per heavy atom. The van der Waals surface area contributed by atoms with Crippen LogP contribution in [0.5, 0.6) is 0 Å². The number of carbonyl (C=O) groups excluding carboxylic acids is 4. The first kappa shape index (κ1) is 18.8. The molecule has 1 fully saturated rings. The quantitative estimate of drug-likeness (QED) is 0.409. The molecule has 1 aliphatic rings. The Morgan fingerprint density at radius 2 is 1.88 bits per heavy atom. The van der Waals surface area contributed by atoms with Gasteiger partial charge in [-0.1, -0.05) is 44.2 Å². The number of amides is 2. The smallest absolute Gasteiger partial charge is 0.374 e. The van der Waals surface area contributed by atoms with Crippen LogP contribution in [-0.4, -0.2) is 35.0 Å². The number of imide groups is 1. The van der Waals surface area contributed by atoms with Gasteiger partial charge < -0.3 is 4.74 Å². The van der Waals surface area contributed by atoms with E-state index in [1.54, 1.807) is 12.1 Å². The summed E-state index contributed by atoms with van der Waals surface area (Å²) in [6.07, 6.45) is 0.447. The van der Waals surface area contributed by atoms with Gasteiger partial charge in [0.05, 0.1) is 0 Å². The molecule has 2 amide bonds. The maximum absolute atomic E-state index is 12.2. The van der Waals surface area contributed by atoms with Crippen LogP contribution in [-0.2, 0) is 30.5 Å². The zero-order valence-corrected chi connectivity index (χ0v) is 14.6. The maximum atomic E-state index is 12.2. The Hall–Kier alpha value is -2.50. The fourth-order valence-electron chi connectivity index (χ4n) is 2.77. The highest BCUT2D eigenvalue weighted by atomic mass is 16.5. The van der Waals surface area contributed by atoms with Crippen molar-refractivity contribution in [2.75, 3.05) is 6.54 Å². The topological polar surface area (TPSA) is 80.8 Å². The summed E-state index contributed by atoms with van der Waals surface area (Å²) in [6, 6.07) is 9.08. The van der Waals surface area contributed by atoms with Crippen molar-refractivity contribution in [2.24, 2.45) is 11.8 Å². The number of benzene rings is 1. The molecule has 6 nitrogen and oxygen atoms in total. The van der Waals surface area contributed by atoms with E-state index in [2.05, 4.69) is 0 Å². The van der Waals surface area contributed by atoms with Crippen molar-refractivity contribution in [3.05, 3.63) is 35.9 Å². The Labute approximate surface area is 147 Å². The van der Waals surface area contributed by atoms with Crippen LogP contribution in [0.1, 0.15) is 38.7 Å². The van der Waals surface area contributed by atoms with Crippen molar-refractivity contribution in [3.8, 4) is 0 Å². The van der Waals surface area contributed by atoms with Gasteiger partial charge in [0, 0.05) is 25.3 Å². The van der Waals surface area contributed by atoms with Gasteiger partial charge >= 0.3 is 5.97 Å². The molecule has 134 valence electrons.